The van der Waals surface area contributed by atoms with E-state index in [9.17, 15) is 14.0 Å². The number of pyridine rings is 1. The number of methoxy groups -OCH3 is 1. The summed E-state index contributed by atoms with van der Waals surface area (Å²) < 4.78 is 22.0. The number of aromatic nitrogens is 3. The van der Waals surface area contributed by atoms with E-state index in [0.29, 0.717) is 22.3 Å². The van der Waals surface area contributed by atoms with Gasteiger partial charge in [-0.2, -0.15) is 0 Å². The lowest BCUT2D eigenvalue weighted by Crippen LogP contribution is -2.32. The highest BCUT2D eigenvalue weighted by molar-refractivity contribution is 5.92. The molecule has 4 aromatic rings. The molecule has 3 aromatic heterocycles. The summed E-state index contributed by atoms with van der Waals surface area (Å²) in [6.07, 6.45) is 3.22. The van der Waals surface area contributed by atoms with Crippen LogP contribution in [0, 0.1) is 5.82 Å². The monoisotopic (exact) mass is 380 g/mol. The third kappa shape index (κ3) is 3.09. The maximum Gasteiger partial charge on any atom is 0.275 e. The van der Waals surface area contributed by atoms with Crippen LogP contribution in [0.2, 0.25) is 0 Å². The van der Waals surface area contributed by atoms with Gasteiger partial charge in [-0.1, -0.05) is 0 Å². The lowest BCUT2D eigenvalue weighted by Gasteiger charge is -2.13. The Bertz CT molecular complexity index is 1230. The van der Waals surface area contributed by atoms with E-state index in [-0.39, 0.29) is 30.2 Å². The zero-order chi connectivity index (χ0) is 19.7. The Labute approximate surface area is 159 Å². The first-order valence-corrected chi connectivity index (χ1v) is 8.66. The topological polar surface area (TPSA) is 77.6 Å². The zero-order valence-electron chi connectivity index (χ0n) is 15.1. The van der Waals surface area contributed by atoms with Crippen LogP contribution in [0.4, 0.5) is 4.39 Å². The second-order valence-electron chi connectivity index (χ2n) is 6.19. The summed E-state index contributed by atoms with van der Waals surface area (Å²) in [5, 5.41) is 2.73. The molecule has 0 spiro atoms. The number of rotatable bonds is 5. The molecule has 8 heteroatoms. The number of nitrogens with one attached hydrogen (secondary N) is 1. The van der Waals surface area contributed by atoms with Crippen molar-refractivity contribution in [1.82, 2.24) is 19.3 Å². The molecule has 0 atom stereocenters. The molecule has 7 nitrogen and oxygen atoms in total. The van der Waals surface area contributed by atoms with Crippen molar-refractivity contribution in [3.63, 3.8) is 0 Å². The number of fused-ring (bicyclic) bond motifs is 3. The van der Waals surface area contributed by atoms with Crippen molar-refractivity contribution in [2.24, 2.45) is 0 Å². The van der Waals surface area contributed by atoms with Gasteiger partial charge < -0.3 is 19.0 Å². The Hall–Kier alpha value is -3.68. The number of carbonyl (C=O) groups is 1. The number of carbonyl (C=O) groups excluding carboxylic acids is 1. The van der Waals surface area contributed by atoms with E-state index in [1.807, 2.05) is 0 Å². The lowest BCUT2D eigenvalue weighted by molar-refractivity contribution is 0.0947. The smallest absolute Gasteiger partial charge is 0.275 e. The van der Waals surface area contributed by atoms with Crippen LogP contribution in [0.5, 0.6) is 5.75 Å². The minimum absolute atomic E-state index is 0.189. The standard InChI is InChI=1S/C20H17FN4O3/c1-28-14-5-6-15(23-12-14)19(26)22-8-10-25-18-11-13(21)4-7-16(18)24-9-2-3-17(24)20(25)27/h2-7,9,11-12H,8,10H2,1H3,(H,22,26). The fourth-order valence-corrected chi connectivity index (χ4v) is 3.16. The fourth-order valence-electron chi connectivity index (χ4n) is 3.16. The van der Waals surface area contributed by atoms with Crippen LogP contribution in [-0.4, -0.2) is 33.5 Å². The molecule has 0 saturated heterocycles. The summed E-state index contributed by atoms with van der Waals surface area (Å²) in [7, 11) is 1.52. The quantitative estimate of drug-likeness (QED) is 0.576. The first-order chi connectivity index (χ1) is 13.6. The maximum absolute atomic E-state index is 13.8. The third-order valence-electron chi connectivity index (χ3n) is 4.53. The third-order valence-corrected chi connectivity index (χ3v) is 4.53. The summed E-state index contributed by atoms with van der Waals surface area (Å²) in [5.74, 6) is -0.245. The van der Waals surface area contributed by atoms with Gasteiger partial charge in [0.2, 0.25) is 0 Å². The van der Waals surface area contributed by atoms with Crippen molar-refractivity contribution < 1.29 is 13.9 Å². The van der Waals surface area contributed by atoms with Gasteiger partial charge in [0.1, 0.15) is 22.8 Å². The molecule has 0 bridgehead atoms. The second-order valence-corrected chi connectivity index (χ2v) is 6.19. The molecule has 1 N–H and O–H groups in total. The Morgan fingerprint density at radius 2 is 2.04 bits per heavy atom. The first-order valence-electron chi connectivity index (χ1n) is 8.66. The van der Waals surface area contributed by atoms with Gasteiger partial charge in [0.15, 0.2) is 0 Å². The molecule has 142 valence electrons. The highest BCUT2D eigenvalue weighted by Crippen LogP contribution is 2.16. The van der Waals surface area contributed by atoms with Crippen molar-refractivity contribution in [2.45, 2.75) is 6.54 Å². The Morgan fingerprint density at radius 1 is 1.18 bits per heavy atom. The van der Waals surface area contributed by atoms with Crippen molar-refractivity contribution >= 4 is 22.5 Å². The molecular formula is C20H17FN4O3. The Balaban J connectivity index is 1.60. The molecule has 0 fully saturated rings. The number of amides is 1. The Morgan fingerprint density at radius 3 is 2.79 bits per heavy atom. The van der Waals surface area contributed by atoms with E-state index in [1.54, 1.807) is 40.9 Å². The molecule has 4 rings (SSSR count). The van der Waals surface area contributed by atoms with E-state index in [1.165, 1.54) is 30.0 Å². The number of hydrogen-bond donors (Lipinski definition) is 1. The molecule has 0 saturated carbocycles. The molecule has 0 aliphatic heterocycles. The fraction of sp³-hybridized carbons (Fsp3) is 0.150. The van der Waals surface area contributed by atoms with Crippen molar-refractivity contribution in [1.29, 1.82) is 0 Å². The number of benzene rings is 1. The molecule has 28 heavy (non-hydrogen) atoms. The van der Waals surface area contributed by atoms with Gasteiger partial charge in [0.25, 0.3) is 11.5 Å². The summed E-state index contributed by atoms with van der Waals surface area (Å²) in [4.78, 5) is 29.1. The SMILES string of the molecule is COc1ccc(C(=O)NCCn2c(=O)c3cccn3c3ccc(F)cc32)nc1. The normalized spacial score (nSPS) is 11.1. The minimum atomic E-state index is -0.432. The highest BCUT2D eigenvalue weighted by atomic mass is 19.1. The summed E-state index contributed by atoms with van der Waals surface area (Å²) in [5.41, 5.74) is 1.66. The lowest BCUT2D eigenvalue weighted by atomic mass is 10.2. The van der Waals surface area contributed by atoms with E-state index in [0.717, 1.165) is 0 Å². The predicted molar refractivity (Wildman–Crippen MR) is 102 cm³/mol. The van der Waals surface area contributed by atoms with Crippen molar-refractivity contribution in [3.8, 4) is 5.75 Å². The predicted octanol–water partition coefficient (Wildman–Crippen LogP) is 2.23. The van der Waals surface area contributed by atoms with E-state index in [2.05, 4.69) is 10.3 Å². The van der Waals surface area contributed by atoms with E-state index < -0.39 is 5.82 Å². The molecule has 0 unspecified atom stereocenters. The van der Waals surface area contributed by atoms with Gasteiger partial charge in [-0.15, -0.1) is 0 Å². The number of hydrogen-bond acceptors (Lipinski definition) is 4. The van der Waals surface area contributed by atoms with Crippen molar-refractivity contribution in [3.05, 3.63) is 76.7 Å². The first kappa shape index (κ1) is 17.7. The van der Waals surface area contributed by atoms with Crippen LogP contribution >= 0.6 is 0 Å². The molecule has 1 amide bonds. The minimum Gasteiger partial charge on any atom is -0.495 e. The summed E-state index contributed by atoms with van der Waals surface area (Å²) in [6.45, 7) is 0.386. The molecule has 0 radical (unpaired) electrons. The van der Waals surface area contributed by atoms with Gasteiger partial charge in [0.05, 0.1) is 24.3 Å². The number of nitrogens with zero attached hydrogens (tertiary/aromatic N) is 3. The summed E-state index contributed by atoms with van der Waals surface area (Å²) in [6, 6.07) is 11.0. The summed E-state index contributed by atoms with van der Waals surface area (Å²) >= 11 is 0. The van der Waals surface area contributed by atoms with Gasteiger partial charge >= 0.3 is 0 Å². The second kappa shape index (κ2) is 7.15. The van der Waals surface area contributed by atoms with Crippen LogP contribution in [-0.2, 0) is 6.54 Å². The molecule has 3 heterocycles. The number of halogens is 1. The highest BCUT2D eigenvalue weighted by Gasteiger charge is 2.12. The van der Waals surface area contributed by atoms with Crippen LogP contribution < -0.4 is 15.6 Å². The van der Waals surface area contributed by atoms with Crippen LogP contribution in [0.15, 0.2) is 59.7 Å². The number of ether oxygens (including phenoxy) is 1. The maximum atomic E-state index is 13.8. The zero-order valence-corrected chi connectivity index (χ0v) is 15.1. The largest absolute Gasteiger partial charge is 0.495 e. The van der Waals surface area contributed by atoms with Crippen LogP contribution in [0.3, 0.4) is 0 Å². The molecule has 0 aliphatic rings. The van der Waals surface area contributed by atoms with Gasteiger partial charge in [-0.3, -0.25) is 9.59 Å². The van der Waals surface area contributed by atoms with Gasteiger partial charge in [0, 0.05) is 19.3 Å². The average Bonchev–Trinajstić information content (AvgIpc) is 3.20. The molecule has 0 aliphatic carbocycles. The van der Waals surface area contributed by atoms with Crippen molar-refractivity contribution in [2.75, 3.05) is 13.7 Å². The molecule has 1 aromatic carbocycles. The van der Waals surface area contributed by atoms with E-state index >= 15 is 0 Å². The average molecular weight is 380 g/mol. The van der Waals surface area contributed by atoms with Crippen LogP contribution in [0.1, 0.15) is 10.5 Å². The van der Waals surface area contributed by atoms with Gasteiger partial charge in [-0.25, -0.2) is 9.37 Å². The van der Waals surface area contributed by atoms with Gasteiger partial charge in [-0.05, 0) is 42.5 Å². The Kier molecular flexibility index (Phi) is 4.52. The van der Waals surface area contributed by atoms with E-state index in [4.69, 9.17) is 4.74 Å². The molecular weight excluding hydrogens is 363 g/mol. The van der Waals surface area contributed by atoms with Crippen LogP contribution in [0.25, 0.3) is 16.6 Å².